The highest BCUT2D eigenvalue weighted by Crippen LogP contribution is 2.22. The van der Waals surface area contributed by atoms with Gasteiger partial charge in [0.1, 0.15) is 0 Å². The van der Waals surface area contributed by atoms with Crippen LogP contribution in [0.4, 0.5) is 11.4 Å². The predicted molar refractivity (Wildman–Crippen MR) is 107 cm³/mol. The van der Waals surface area contributed by atoms with Crippen LogP contribution in [0.5, 0.6) is 0 Å². The molecule has 0 spiro atoms. The predicted octanol–water partition coefficient (Wildman–Crippen LogP) is 3.60. The first-order valence-corrected chi connectivity index (χ1v) is 8.69. The van der Waals surface area contributed by atoms with E-state index in [1.54, 1.807) is 17.0 Å². The van der Waals surface area contributed by atoms with E-state index in [1.165, 1.54) is 0 Å². The molecule has 0 aromatic heterocycles. The number of nitrogens with one attached hydrogen (secondary N) is 2. The number of halogens is 1. The van der Waals surface area contributed by atoms with Gasteiger partial charge in [-0.15, -0.1) is 12.4 Å². The van der Waals surface area contributed by atoms with Gasteiger partial charge in [0.15, 0.2) is 0 Å². The van der Waals surface area contributed by atoms with Crippen LogP contribution in [0.1, 0.15) is 35.7 Å². The second-order valence-electron chi connectivity index (χ2n) is 6.09. The van der Waals surface area contributed by atoms with E-state index < -0.39 is 0 Å². The standard InChI is InChI=1S/C20H23N3O2.ClH/c1-2-21-14-16-6-3-4-7-18(16)22-20(25)15-9-11-17(12-10-15)23-13-5-8-19(23)24;/h3-4,6-7,9-12,21H,2,5,8,13-14H2,1H3,(H,22,25);1H. The lowest BCUT2D eigenvalue weighted by Crippen LogP contribution is -2.23. The third kappa shape index (κ3) is 4.62. The molecular weight excluding hydrogens is 350 g/mol. The Morgan fingerprint density at radius 3 is 2.50 bits per heavy atom. The van der Waals surface area contributed by atoms with E-state index in [9.17, 15) is 9.59 Å². The van der Waals surface area contributed by atoms with Crippen LogP contribution in [-0.4, -0.2) is 24.9 Å². The molecule has 1 heterocycles. The van der Waals surface area contributed by atoms with Crippen molar-refractivity contribution >= 4 is 35.6 Å². The normalized spacial score (nSPS) is 13.4. The van der Waals surface area contributed by atoms with Gasteiger partial charge in [-0.3, -0.25) is 9.59 Å². The second-order valence-corrected chi connectivity index (χ2v) is 6.09. The van der Waals surface area contributed by atoms with Gasteiger partial charge in [0, 0.05) is 36.4 Å². The Morgan fingerprint density at radius 2 is 1.85 bits per heavy atom. The number of rotatable bonds is 6. The van der Waals surface area contributed by atoms with Crippen LogP contribution >= 0.6 is 12.4 Å². The smallest absolute Gasteiger partial charge is 0.255 e. The second kappa shape index (κ2) is 9.36. The van der Waals surface area contributed by atoms with E-state index in [1.807, 2.05) is 43.3 Å². The molecule has 2 amide bonds. The van der Waals surface area contributed by atoms with E-state index in [2.05, 4.69) is 10.6 Å². The lowest BCUT2D eigenvalue weighted by molar-refractivity contribution is -0.117. The minimum atomic E-state index is -0.150. The fourth-order valence-electron chi connectivity index (χ4n) is 2.96. The molecule has 2 aromatic carbocycles. The number of amides is 2. The molecule has 2 N–H and O–H groups in total. The molecule has 0 bridgehead atoms. The van der Waals surface area contributed by atoms with Gasteiger partial charge in [-0.2, -0.15) is 0 Å². The molecule has 138 valence electrons. The fraction of sp³-hybridized carbons (Fsp3) is 0.300. The third-order valence-corrected chi connectivity index (χ3v) is 4.35. The van der Waals surface area contributed by atoms with Crippen molar-refractivity contribution in [2.75, 3.05) is 23.3 Å². The van der Waals surface area contributed by atoms with E-state index >= 15 is 0 Å². The average molecular weight is 374 g/mol. The van der Waals surface area contributed by atoms with Crippen LogP contribution in [0, 0.1) is 0 Å². The highest BCUT2D eigenvalue weighted by atomic mass is 35.5. The Morgan fingerprint density at radius 1 is 1.12 bits per heavy atom. The first-order valence-electron chi connectivity index (χ1n) is 8.69. The molecule has 0 aliphatic carbocycles. The van der Waals surface area contributed by atoms with Gasteiger partial charge < -0.3 is 15.5 Å². The molecule has 5 nitrogen and oxygen atoms in total. The number of carbonyl (C=O) groups excluding carboxylic acids is 2. The largest absolute Gasteiger partial charge is 0.322 e. The summed E-state index contributed by atoms with van der Waals surface area (Å²) in [4.78, 5) is 26.1. The first-order chi connectivity index (χ1) is 12.2. The van der Waals surface area contributed by atoms with Crippen LogP contribution < -0.4 is 15.5 Å². The van der Waals surface area contributed by atoms with Crippen LogP contribution in [0.25, 0.3) is 0 Å². The molecule has 3 rings (SSSR count). The van der Waals surface area contributed by atoms with E-state index in [0.717, 1.165) is 36.4 Å². The molecule has 26 heavy (non-hydrogen) atoms. The zero-order chi connectivity index (χ0) is 17.6. The Kier molecular flexibility index (Phi) is 7.18. The minimum Gasteiger partial charge on any atom is -0.322 e. The van der Waals surface area contributed by atoms with E-state index in [4.69, 9.17) is 0 Å². The summed E-state index contributed by atoms with van der Waals surface area (Å²) < 4.78 is 0. The maximum absolute atomic E-state index is 12.5. The number of nitrogens with zero attached hydrogens (tertiary/aromatic N) is 1. The van der Waals surface area contributed by atoms with Crippen molar-refractivity contribution in [3.8, 4) is 0 Å². The van der Waals surface area contributed by atoms with E-state index in [-0.39, 0.29) is 24.2 Å². The quantitative estimate of drug-likeness (QED) is 0.813. The molecule has 0 saturated carbocycles. The Balaban J connectivity index is 0.00000243. The first kappa shape index (κ1) is 19.9. The fourth-order valence-corrected chi connectivity index (χ4v) is 2.96. The number of carbonyl (C=O) groups is 2. The number of para-hydroxylation sites is 1. The molecule has 0 unspecified atom stereocenters. The van der Waals surface area contributed by atoms with E-state index in [0.29, 0.717) is 18.5 Å². The summed E-state index contributed by atoms with van der Waals surface area (Å²) in [6.07, 6.45) is 1.49. The van der Waals surface area contributed by atoms with Gasteiger partial charge in [-0.25, -0.2) is 0 Å². The summed E-state index contributed by atoms with van der Waals surface area (Å²) in [5.74, 6) is -0.00204. The minimum absolute atomic E-state index is 0. The average Bonchev–Trinajstić information content (AvgIpc) is 3.07. The molecule has 6 heteroatoms. The van der Waals surface area contributed by atoms with Crippen molar-refractivity contribution in [3.05, 3.63) is 59.7 Å². The molecule has 0 atom stereocenters. The topological polar surface area (TPSA) is 61.4 Å². The molecule has 1 saturated heterocycles. The lowest BCUT2D eigenvalue weighted by Gasteiger charge is -2.16. The summed E-state index contributed by atoms with van der Waals surface area (Å²) in [5.41, 5.74) is 3.30. The Hall–Kier alpha value is -2.37. The zero-order valence-corrected chi connectivity index (χ0v) is 15.6. The molecule has 0 radical (unpaired) electrons. The number of benzene rings is 2. The van der Waals surface area contributed by atoms with Crippen molar-refractivity contribution in [2.24, 2.45) is 0 Å². The number of anilines is 2. The van der Waals surface area contributed by atoms with Crippen molar-refractivity contribution in [3.63, 3.8) is 0 Å². The molecule has 1 fully saturated rings. The van der Waals surface area contributed by atoms with Crippen molar-refractivity contribution in [2.45, 2.75) is 26.3 Å². The van der Waals surface area contributed by atoms with Crippen molar-refractivity contribution in [1.82, 2.24) is 5.32 Å². The summed E-state index contributed by atoms with van der Waals surface area (Å²) in [7, 11) is 0. The summed E-state index contributed by atoms with van der Waals surface area (Å²) in [6, 6.07) is 15.0. The Bertz CT molecular complexity index is 762. The summed E-state index contributed by atoms with van der Waals surface area (Å²) in [6.45, 7) is 4.39. The van der Waals surface area contributed by atoms with Gasteiger partial charge in [0.25, 0.3) is 5.91 Å². The van der Waals surface area contributed by atoms with Crippen LogP contribution in [0.2, 0.25) is 0 Å². The number of hydrogen-bond donors (Lipinski definition) is 2. The summed E-state index contributed by atoms with van der Waals surface area (Å²) in [5, 5.41) is 6.25. The highest BCUT2D eigenvalue weighted by molar-refractivity contribution is 6.05. The Labute approximate surface area is 160 Å². The van der Waals surface area contributed by atoms with Crippen LogP contribution in [0.3, 0.4) is 0 Å². The maximum atomic E-state index is 12.5. The SMILES string of the molecule is CCNCc1ccccc1NC(=O)c1ccc(N2CCCC2=O)cc1.Cl. The highest BCUT2D eigenvalue weighted by Gasteiger charge is 2.21. The van der Waals surface area contributed by atoms with Crippen molar-refractivity contribution in [1.29, 1.82) is 0 Å². The molecule has 2 aromatic rings. The lowest BCUT2D eigenvalue weighted by atomic mass is 10.1. The van der Waals surface area contributed by atoms with Crippen LogP contribution in [-0.2, 0) is 11.3 Å². The molecular formula is C20H24ClN3O2. The van der Waals surface area contributed by atoms with Gasteiger partial charge in [0.05, 0.1) is 0 Å². The van der Waals surface area contributed by atoms with Gasteiger partial charge >= 0.3 is 0 Å². The number of hydrogen-bond acceptors (Lipinski definition) is 3. The zero-order valence-electron chi connectivity index (χ0n) is 14.8. The van der Waals surface area contributed by atoms with Crippen molar-refractivity contribution < 1.29 is 9.59 Å². The third-order valence-electron chi connectivity index (χ3n) is 4.35. The van der Waals surface area contributed by atoms with Gasteiger partial charge in [0.2, 0.25) is 5.91 Å². The van der Waals surface area contributed by atoms with Crippen LogP contribution in [0.15, 0.2) is 48.5 Å². The summed E-state index contributed by atoms with van der Waals surface area (Å²) >= 11 is 0. The van der Waals surface area contributed by atoms with Gasteiger partial charge in [-0.1, -0.05) is 25.1 Å². The van der Waals surface area contributed by atoms with Gasteiger partial charge in [-0.05, 0) is 48.9 Å². The molecule has 1 aliphatic rings. The maximum Gasteiger partial charge on any atom is 0.255 e. The molecule has 1 aliphatic heterocycles. The monoisotopic (exact) mass is 373 g/mol.